The highest BCUT2D eigenvalue weighted by Gasteiger charge is 2.02. The molecule has 0 aromatic carbocycles. The third kappa shape index (κ3) is 7.36. The van der Waals surface area contributed by atoms with Crippen molar-refractivity contribution in [1.29, 1.82) is 0 Å². The Morgan fingerprint density at radius 2 is 1.80 bits per heavy atom. The van der Waals surface area contributed by atoms with Gasteiger partial charge in [0.2, 0.25) is 0 Å². The molecule has 0 amide bonds. The lowest BCUT2D eigenvalue weighted by Gasteiger charge is -2.10. The van der Waals surface area contributed by atoms with Gasteiger partial charge in [-0.2, -0.15) is 0 Å². The summed E-state index contributed by atoms with van der Waals surface area (Å²) in [4.78, 5) is 0. The van der Waals surface area contributed by atoms with Crippen LogP contribution in [0.5, 0.6) is 0 Å². The molecule has 0 atom stereocenters. The van der Waals surface area contributed by atoms with E-state index in [1.165, 1.54) is 0 Å². The molecule has 0 aliphatic carbocycles. The zero-order valence-corrected chi connectivity index (χ0v) is 6.25. The smallest absolute Gasteiger partial charge is 0.135 e. The molecule has 0 fully saturated rings. The molecule has 6 N–H and O–H groups in total. The Labute approximate surface area is 61.6 Å². The van der Waals surface area contributed by atoms with Gasteiger partial charge in [-0.1, -0.05) is 25.2 Å². The molecule has 58 valence electrons. The summed E-state index contributed by atoms with van der Waals surface area (Å²) in [6.45, 7) is 2.05. The largest absolute Gasteiger partial charge is 0.298 e. The van der Waals surface area contributed by atoms with E-state index in [1.54, 1.807) is 12.2 Å². The van der Waals surface area contributed by atoms with Gasteiger partial charge in [-0.15, -0.1) is 0 Å². The first-order valence-electron chi connectivity index (χ1n) is 3.27. The maximum absolute atomic E-state index is 5.25. The third-order valence-corrected chi connectivity index (χ3v) is 0.868. The molecule has 10 heavy (non-hydrogen) atoms. The van der Waals surface area contributed by atoms with E-state index in [2.05, 4.69) is 0 Å². The SMILES string of the molecule is CCC=CC=CC(N)(N)N. The number of hydrogen-bond acceptors (Lipinski definition) is 3. The number of rotatable bonds is 3. The molecule has 0 aliphatic rings. The van der Waals surface area contributed by atoms with E-state index in [0.29, 0.717) is 0 Å². The molecule has 0 aromatic rings. The summed E-state index contributed by atoms with van der Waals surface area (Å²) in [5.41, 5.74) is 15.8. The van der Waals surface area contributed by atoms with Crippen LogP contribution in [0.4, 0.5) is 0 Å². The van der Waals surface area contributed by atoms with Crippen LogP contribution in [0.2, 0.25) is 0 Å². The van der Waals surface area contributed by atoms with Crippen LogP contribution in [-0.2, 0) is 0 Å². The van der Waals surface area contributed by atoms with Gasteiger partial charge in [0.15, 0.2) is 0 Å². The lowest BCUT2D eigenvalue weighted by atomic mass is 10.3. The Balaban J connectivity index is 3.66. The number of hydrogen-bond donors (Lipinski definition) is 3. The molecule has 0 heterocycles. The van der Waals surface area contributed by atoms with Gasteiger partial charge < -0.3 is 0 Å². The first-order chi connectivity index (χ1) is 4.56. The number of allylic oxidation sites excluding steroid dienone is 3. The van der Waals surface area contributed by atoms with E-state index in [0.717, 1.165) is 6.42 Å². The predicted octanol–water partition coefficient (Wildman–Crippen LogP) is 0.0387. The standard InChI is InChI=1S/C7H15N3/c1-2-3-4-5-6-7(8,9)10/h3-6H,2,8-10H2,1H3. The minimum absolute atomic E-state index is 0.997. The fourth-order valence-electron chi connectivity index (χ4n) is 0.437. The van der Waals surface area contributed by atoms with Crippen molar-refractivity contribution in [2.24, 2.45) is 17.2 Å². The molecule has 3 nitrogen and oxygen atoms in total. The molecule has 0 bridgehead atoms. The Kier molecular flexibility index (Phi) is 3.95. The van der Waals surface area contributed by atoms with Gasteiger partial charge in [-0.3, -0.25) is 17.2 Å². The highest BCUT2D eigenvalue weighted by atomic mass is 15.1. The molecule has 3 heteroatoms. The summed E-state index contributed by atoms with van der Waals surface area (Å²) in [5.74, 6) is -1.18. The molecule has 0 saturated heterocycles. The molecule has 0 radical (unpaired) electrons. The quantitative estimate of drug-likeness (QED) is 0.383. The Morgan fingerprint density at radius 1 is 1.20 bits per heavy atom. The second kappa shape index (κ2) is 4.22. The Bertz CT molecular complexity index is 130. The highest BCUT2D eigenvalue weighted by molar-refractivity contribution is 5.07. The molecule has 0 spiro atoms. The van der Waals surface area contributed by atoms with Gasteiger partial charge in [0.05, 0.1) is 0 Å². The van der Waals surface area contributed by atoms with Crippen molar-refractivity contribution < 1.29 is 0 Å². The molecule has 0 aliphatic heterocycles. The van der Waals surface area contributed by atoms with Gasteiger partial charge in [0, 0.05) is 0 Å². The summed E-state index contributed by atoms with van der Waals surface area (Å²) in [6, 6.07) is 0. The van der Waals surface area contributed by atoms with Crippen LogP contribution in [0.3, 0.4) is 0 Å². The van der Waals surface area contributed by atoms with Crippen LogP contribution < -0.4 is 17.2 Å². The van der Waals surface area contributed by atoms with E-state index in [-0.39, 0.29) is 0 Å². The molecule has 0 saturated carbocycles. The predicted molar refractivity (Wildman–Crippen MR) is 43.9 cm³/mol. The average Bonchev–Trinajstić information content (AvgIpc) is 1.78. The minimum atomic E-state index is -1.18. The van der Waals surface area contributed by atoms with Crippen molar-refractivity contribution in [3.05, 3.63) is 24.3 Å². The van der Waals surface area contributed by atoms with Crippen LogP contribution in [0.15, 0.2) is 24.3 Å². The van der Waals surface area contributed by atoms with Crippen LogP contribution >= 0.6 is 0 Å². The molecular formula is C7H15N3. The Morgan fingerprint density at radius 3 is 2.20 bits per heavy atom. The first-order valence-corrected chi connectivity index (χ1v) is 3.27. The summed E-state index contributed by atoms with van der Waals surface area (Å²) >= 11 is 0. The van der Waals surface area contributed by atoms with E-state index in [9.17, 15) is 0 Å². The normalized spacial score (nSPS) is 13.6. The minimum Gasteiger partial charge on any atom is -0.298 e. The van der Waals surface area contributed by atoms with Crippen LogP contribution in [0.1, 0.15) is 13.3 Å². The molecule has 0 unspecified atom stereocenters. The summed E-state index contributed by atoms with van der Waals surface area (Å²) < 4.78 is 0. The fraction of sp³-hybridized carbons (Fsp3) is 0.429. The zero-order valence-electron chi connectivity index (χ0n) is 6.25. The summed E-state index contributed by atoms with van der Waals surface area (Å²) in [7, 11) is 0. The van der Waals surface area contributed by atoms with E-state index < -0.39 is 5.79 Å². The molecule has 0 aromatic heterocycles. The molecule has 0 rings (SSSR count). The van der Waals surface area contributed by atoms with E-state index in [4.69, 9.17) is 17.2 Å². The average molecular weight is 141 g/mol. The van der Waals surface area contributed by atoms with Crippen molar-refractivity contribution >= 4 is 0 Å². The van der Waals surface area contributed by atoms with Gasteiger partial charge >= 0.3 is 0 Å². The lowest BCUT2D eigenvalue weighted by Crippen LogP contribution is -2.56. The van der Waals surface area contributed by atoms with Crippen LogP contribution in [0, 0.1) is 0 Å². The van der Waals surface area contributed by atoms with Crippen LogP contribution in [0.25, 0.3) is 0 Å². The van der Waals surface area contributed by atoms with E-state index >= 15 is 0 Å². The summed E-state index contributed by atoms with van der Waals surface area (Å²) in [5, 5.41) is 0. The van der Waals surface area contributed by atoms with Gasteiger partial charge in [0.25, 0.3) is 0 Å². The van der Waals surface area contributed by atoms with Gasteiger partial charge in [-0.05, 0) is 12.5 Å². The lowest BCUT2D eigenvalue weighted by molar-refractivity contribution is 0.582. The zero-order chi connectivity index (χ0) is 8.04. The maximum atomic E-state index is 5.25. The van der Waals surface area contributed by atoms with Crippen LogP contribution in [-0.4, -0.2) is 5.79 Å². The first kappa shape index (κ1) is 9.36. The van der Waals surface area contributed by atoms with Crippen molar-refractivity contribution in [3.8, 4) is 0 Å². The number of nitrogens with two attached hydrogens (primary N) is 3. The van der Waals surface area contributed by atoms with Crippen molar-refractivity contribution in [1.82, 2.24) is 0 Å². The maximum Gasteiger partial charge on any atom is 0.135 e. The monoisotopic (exact) mass is 141 g/mol. The topological polar surface area (TPSA) is 78.1 Å². The second-order valence-corrected chi connectivity index (χ2v) is 2.20. The van der Waals surface area contributed by atoms with Crippen molar-refractivity contribution in [2.45, 2.75) is 19.1 Å². The summed E-state index contributed by atoms with van der Waals surface area (Å²) in [6.07, 6.45) is 8.13. The van der Waals surface area contributed by atoms with Gasteiger partial charge in [0.1, 0.15) is 5.79 Å². The van der Waals surface area contributed by atoms with Gasteiger partial charge in [-0.25, -0.2) is 0 Å². The molecular weight excluding hydrogens is 126 g/mol. The van der Waals surface area contributed by atoms with Crippen molar-refractivity contribution in [2.75, 3.05) is 0 Å². The van der Waals surface area contributed by atoms with Crippen molar-refractivity contribution in [3.63, 3.8) is 0 Å². The second-order valence-electron chi connectivity index (χ2n) is 2.20. The fourth-order valence-corrected chi connectivity index (χ4v) is 0.437. The van der Waals surface area contributed by atoms with E-state index in [1.807, 2.05) is 19.1 Å². The third-order valence-electron chi connectivity index (χ3n) is 0.868. The Hall–Kier alpha value is -0.640. The highest BCUT2D eigenvalue weighted by Crippen LogP contribution is 1.85.